The zero-order valence-corrected chi connectivity index (χ0v) is 11.8. The average Bonchev–Trinajstić information content (AvgIpc) is 2.53. The van der Waals surface area contributed by atoms with Crippen molar-refractivity contribution in [2.75, 3.05) is 11.9 Å². The molecule has 3 rings (SSSR count). The third-order valence-corrected chi connectivity index (χ3v) is 3.75. The van der Waals surface area contributed by atoms with Gasteiger partial charge in [-0.3, -0.25) is 9.78 Å². The second-order valence-electron chi connectivity index (χ2n) is 5.13. The van der Waals surface area contributed by atoms with Crippen molar-refractivity contribution in [1.82, 2.24) is 4.98 Å². The van der Waals surface area contributed by atoms with Crippen molar-refractivity contribution in [3.63, 3.8) is 0 Å². The summed E-state index contributed by atoms with van der Waals surface area (Å²) in [6, 6.07) is 11.9. The van der Waals surface area contributed by atoms with Crippen molar-refractivity contribution >= 4 is 17.7 Å². The first-order valence-electron chi connectivity index (χ1n) is 6.97. The molecule has 0 bridgehead atoms. The number of pyridine rings is 1. The molecule has 0 saturated carbocycles. The second-order valence-corrected chi connectivity index (χ2v) is 5.13. The second kappa shape index (κ2) is 5.40. The Kier molecular flexibility index (Phi) is 3.44. The SMILES string of the molecule is CC(c1ccccc1)c1cc(C(N)=O)c2c(n1)C=CCN2. The number of nitrogens with zero attached hydrogens (tertiary/aromatic N) is 1. The monoisotopic (exact) mass is 279 g/mol. The Morgan fingerprint density at radius 2 is 2.10 bits per heavy atom. The predicted molar refractivity (Wildman–Crippen MR) is 84.2 cm³/mol. The Hall–Kier alpha value is -2.62. The number of aromatic nitrogens is 1. The molecule has 2 heterocycles. The molecule has 0 saturated heterocycles. The van der Waals surface area contributed by atoms with Gasteiger partial charge in [-0.2, -0.15) is 0 Å². The Morgan fingerprint density at radius 1 is 1.33 bits per heavy atom. The normalized spacial score (nSPS) is 14.1. The fraction of sp³-hybridized carbons (Fsp3) is 0.176. The average molecular weight is 279 g/mol. The van der Waals surface area contributed by atoms with Crippen LogP contribution < -0.4 is 11.1 Å². The molecule has 1 aliphatic heterocycles. The van der Waals surface area contributed by atoms with Gasteiger partial charge in [0.2, 0.25) is 0 Å². The van der Waals surface area contributed by atoms with Crippen LogP contribution in [0.3, 0.4) is 0 Å². The highest BCUT2D eigenvalue weighted by atomic mass is 16.1. The number of benzene rings is 1. The quantitative estimate of drug-likeness (QED) is 0.907. The summed E-state index contributed by atoms with van der Waals surface area (Å²) in [5, 5.41) is 3.17. The summed E-state index contributed by atoms with van der Waals surface area (Å²) in [4.78, 5) is 16.4. The molecular weight excluding hydrogens is 262 g/mol. The smallest absolute Gasteiger partial charge is 0.250 e. The van der Waals surface area contributed by atoms with Gasteiger partial charge in [0.25, 0.3) is 5.91 Å². The Labute approximate surface area is 123 Å². The Bertz CT molecular complexity index is 707. The molecule has 0 fully saturated rings. The summed E-state index contributed by atoms with van der Waals surface area (Å²) in [7, 11) is 0. The number of nitrogens with two attached hydrogens (primary N) is 1. The number of primary amides is 1. The minimum absolute atomic E-state index is 0.102. The number of hydrogen-bond donors (Lipinski definition) is 2. The molecule has 4 nitrogen and oxygen atoms in total. The van der Waals surface area contributed by atoms with Crippen LogP contribution in [0.15, 0.2) is 42.5 Å². The standard InChI is InChI=1S/C17H17N3O/c1-11(12-6-3-2-4-7-12)15-10-13(17(18)21)16-14(20-15)8-5-9-19-16/h2-8,10-11,19H,9H2,1H3,(H2,18,21). The highest BCUT2D eigenvalue weighted by molar-refractivity contribution is 6.00. The maximum atomic E-state index is 11.7. The Balaban J connectivity index is 2.10. The molecule has 1 aromatic heterocycles. The van der Waals surface area contributed by atoms with Crippen LogP contribution in [0.1, 0.15) is 40.2 Å². The van der Waals surface area contributed by atoms with Crippen LogP contribution in [-0.2, 0) is 0 Å². The highest BCUT2D eigenvalue weighted by Crippen LogP contribution is 2.29. The zero-order chi connectivity index (χ0) is 14.8. The van der Waals surface area contributed by atoms with Gasteiger partial charge in [-0.15, -0.1) is 0 Å². The van der Waals surface area contributed by atoms with E-state index in [1.54, 1.807) is 6.07 Å². The highest BCUT2D eigenvalue weighted by Gasteiger charge is 2.19. The first-order chi connectivity index (χ1) is 10.2. The predicted octanol–water partition coefficient (Wildman–Crippen LogP) is 2.77. The number of nitrogens with one attached hydrogen (secondary N) is 1. The fourth-order valence-electron chi connectivity index (χ4n) is 2.55. The van der Waals surface area contributed by atoms with Crippen molar-refractivity contribution in [2.24, 2.45) is 5.73 Å². The van der Waals surface area contributed by atoms with Crippen LogP contribution >= 0.6 is 0 Å². The molecule has 0 spiro atoms. The van der Waals surface area contributed by atoms with E-state index < -0.39 is 5.91 Å². The number of rotatable bonds is 3. The maximum absolute atomic E-state index is 11.7. The first kappa shape index (κ1) is 13.4. The summed E-state index contributed by atoms with van der Waals surface area (Å²) in [5.41, 5.74) is 9.53. The van der Waals surface area contributed by atoms with E-state index in [0.29, 0.717) is 12.1 Å². The summed E-state index contributed by atoms with van der Waals surface area (Å²) in [5.74, 6) is -0.331. The van der Waals surface area contributed by atoms with Crippen LogP contribution in [0.2, 0.25) is 0 Å². The van der Waals surface area contributed by atoms with Crippen molar-refractivity contribution in [2.45, 2.75) is 12.8 Å². The van der Waals surface area contributed by atoms with Crippen molar-refractivity contribution in [3.8, 4) is 0 Å². The van der Waals surface area contributed by atoms with Crippen molar-refractivity contribution in [3.05, 3.63) is 65.0 Å². The van der Waals surface area contributed by atoms with Crippen LogP contribution in [0, 0.1) is 0 Å². The van der Waals surface area contributed by atoms with E-state index in [1.807, 2.05) is 30.4 Å². The molecule has 4 heteroatoms. The molecule has 0 radical (unpaired) electrons. The van der Waals surface area contributed by atoms with E-state index in [4.69, 9.17) is 5.73 Å². The van der Waals surface area contributed by atoms with Crippen LogP contribution in [-0.4, -0.2) is 17.4 Å². The van der Waals surface area contributed by atoms with Crippen LogP contribution in [0.4, 0.5) is 5.69 Å². The van der Waals surface area contributed by atoms with Gasteiger partial charge in [0, 0.05) is 18.2 Å². The van der Waals surface area contributed by atoms with E-state index in [-0.39, 0.29) is 5.92 Å². The lowest BCUT2D eigenvalue weighted by Gasteiger charge is -2.19. The lowest BCUT2D eigenvalue weighted by Crippen LogP contribution is -2.19. The van der Waals surface area contributed by atoms with E-state index in [0.717, 1.165) is 22.6 Å². The van der Waals surface area contributed by atoms with Gasteiger partial charge in [-0.05, 0) is 17.7 Å². The van der Waals surface area contributed by atoms with E-state index in [2.05, 4.69) is 29.4 Å². The molecule has 106 valence electrons. The van der Waals surface area contributed by atoms with E-state index in [1.165, 1.54) is 0 Å². The van der Waals surface area contributed by atoms with Gasteiger partial charge >= 0.3 is 0 Å². The summed E-state index contributed by atoms with van der Waals surface area (Å²) in [6.45, 7) is 2.76. The number of fused-ring (bicyclic) bond motifs is 1. The fourth-order valence-corrected chi connectivity index (χ4v) is 2.55. The lowest BCUT2D eigenvalue weighted by molar-refractivity contribution is 0.100. The minimum Gasteiger partial charge on any atom is -0.379 e. The van der Waals surface area contributed by atoms with Crippen molar-refractivity contribution in [1.29, 1.82) is 0 Å². The van der Waals surface area contributed by atoms with Crippen LogP contribution in [0.25, 0.3) is 6.08 Å². The number of carbonyl (C=O) groups excluding carboxylic acids is 1. The topological polar surface area (TPSA) is 68.0 Å². The van der Waals surface area contributed by atoms with E-state index >= 15 is 0 Å². The van der Waals surface area contributed by atoms with Gasteiger partial charge < -0.3 is 11.1 Å². The maximum Gasteiger partial charge on any atom is 0.250 e. The third-order valence-electron chi connectivity index (χ3n) is 3.75. The van der Waals surface area contributed by atoms with Gasteiger partial charge in [-0.1, -0.05) is 43.3 Å². The molecule has 1 atom stereocenters. The molecule has 1 amide bonds. The molecule has 1 aliphatic rings. The molecule has 0 aliphatic carbocycles. The minimum atomic E-state index is -0.432. The zero-order valence-electron chi connectivity index (χ0n) is 11.8. The Morgan fingerprint density at radius 3 is 2.81 bits per heavy atom. The van der Waals surface area contributed by atoms with E-state index in [9.17, 15) is 4.79 Å². The van der Waals surface area contributed by atoms with Crippen molar-refractivity contribution < 1.29 is 4.79 Å². The molecular formula is C17H17N3O. The summed E-state index contributed by atoms with van der Waals surface area (Å²) in [6.07, 6.45) is 3.91. The molecule has 1 aromatic carbocycles. The lowest BCUT2D eigenvalue weighted by atomic mass is 9.95. The molecule has 21 heavy (non-hydrogen) atoms. The van der Waals surface area contributed by atoms with Gasteiger partial charge in [0.15, 0.2) is 0 Å². The summed E-state index contributed by atoms with van der Waals surface area (Å²) < 4.78 is 0. The largest absolute Gasteiger partial charge is 0.379 e. The van der Waals surface area contributed by atoms with Gasteiger partial charge in [-0.25, -0.2) is 0 Å². The number of anilines is 1. The molecule has 2 aromatic rings. The van der Waals surface area contributed by atoms with Gasteiger partial charge in [0.1, 0.15) is 0 Å². The number of hydrogen-bond acceptors (Lipinski definition) is 3. The number of amides is 1. The van der Waals surface area contributed by atoms with Gasteiger partial charge in [0.05, 0.1) is 16.9 Å². The third kappa shape index (κ3) is 2.52. The first-order valence-corrected chi connectivity index (χ1v) is 6.97. The summed E-state index contributed by atoms with van der Waals surface area (Å²) >= 11 is 0. The number of carbonyl (C=O) groups is 1. The molecule has 3 N–H and O–H groups in total. The molecule has 1 unspecified atom stereocenters. The van der Waals surface area contributed by atoms with Crippen LogP contribution in [0.5, 0.6) is 0 Å².